The maximum atomic E-state index is 5.36. The van der Waals surface area contributed by atoms with Gasteiger partial charge in [0.15, 0.2) is 0 Å². The van der Waals surface area contributed by atoms with Crippen LogP contribution >= 0.6 is 0 Å². The standard InChI is InChI=1S/C10H17NO/c1-7(2)11-9(4)10-8(3)5-6-12-10/h5-7,9,11H,1-4H3. The van der Waals surface area contributed by atoms with E-state index in [9.17, 15) is 0 Å². The molecule has 0 bridgehead atoms. The normalized spacial score (nSPS) is 13.8. The number of hydrogen-bond donors (Lipinski definition) is 1. The molecule has 1 atom stereocenters. The van der Waals surface area contributed by atoms with E-state index in [1.807, 2.05) is 6.07 Å². The SMILES string of the molecule is Cc1ccoc1C(C)NC(C)C. The van der Waals surface area contributed by atoms with Gasteiger partial charge in [0.05, 0.1) is 12.3 Å². The van der Waals surface area contributed by atoms with Crippen molar-refractivity contribution >= 4 is 0 Å². The van der Waals surface area contributed by atoms with Crippen LogP contribution in [0.1, 0.15) is 38.1 Å². The van der Waals surface area contributed by atoms with Crippen LogP contribution < -0.4 is 5.32 Å². The van der Waals surface area contributed by atoms with Crippen molar-refractivity contribution in [1.82, 2.24) is 5.32 Å². The Morgan fingerprint density at radius 3 is 2.42 bits per heavy atom. The van der Waals surface area contributed by atoms with Gasteiger partial charge in [0, 0.05) is 6.04 Å². The van der Waals surface area contributed by atoms with E-state index in [-0.39, 0.29) is 0 Å². The highest BCUT2D eigenvalue weighted by Gasteiger charge is 2.11. The first kappa shape index (κ1) is 9.33. The highest BCUT2D eigenvalue weighted by Crippen LogP contribution is 2.18. The monoisotopic (exact) mass is 167 g/mol. The Morgan fingerprint density at radius 1 is 1.33 bits per heavy atom. The molecule has 0 spiro atoms. The van der Waals surface area contributed by atoms with E-state index in [1.165, 1.54) is 5.56 Å². The molecule has 0 aliphatic rings. The van der Waals surface area contributed by atoms with Crippen LogP contribution in [-0.2, 0) is 0 Å². The van der Waals surface area contributed by atoms with Gasteiger partial charge in [0.2, 0.25) is 0 Å². The van der Waals surface area contributed by atoms with Crippen LogP contribution in [-0.4, -0.2) is 6.04 Å². The largest absolute Gasteiger partial charge is 0.467 e. The first-order valence-electron chi connectivity index (χ1n) is 4.41. The van der Waals surface area contributed by atoms with Crippen LogP contribution in [0.4, 0.5) is 0 Å². The second kappa shape index (κ2) is 3.76. The van der Waals surface area contributed by atoms with E-state index in [2.05, 4.69) is 33.0 Å². The summed E-state index contributed by atoms with van der Waals surface area (Å²) in [6, 6.07) is 2.79. The van der Waals surface area contributed by atoms with E-state index >= 15 is 0 Å². The minimum absolute atomic E-state index is 0.306. The van der Waals surface area contributed by atoms with Crippen molar-refractivity contribution in [1.29, 1.82) is 0 Å². The summed E-state index contributed by atoms with van der Waals surface area (Å²) in [4.78, 5) is 0. The summed E-state index contributed by atoms with van der Waals surface area (Å²) >= 11 is 0. The van der Waals surface area contributed by atoms with Crippen molar-refractivity contribution in [2.75, 3.05) is 0 Å². The smallest absolute Gasteiger partial charge is 0.123 e. The Bertz CT molecular complexity index is 240. The molecule has 1 aromatic heterocycles. The maximum Gasteiger partial charge on any atom is 0.123 e. The molecule has 0 saturated heterocycles. The van der Waals surface area contributed by atoms with E-state index < -0.39 is 0 Å². The van der Waals surface area contributed by atoms with Gasteiger partial charge in [-0.2, -0.15) is 0 Å². The fourth-order valence-corrected chi connectivity index (χ4v) is 1.40. The minimum atomic E-state index is 0.306. The first-order chi connectivity index (χ1) is 5.61. The second-order valence-electron chi connectivity index (χ2n) is 3.51. The molecular formula is C10H17NO. The topological polar surface area (TPSA) is 25.2 Å². The van der Waals surface area contributed by atoms with Gasteiger partial charge in [-0.3, -0.25) is 0 Å². The van der Waals surface area contributed by atoms with Gasteiger partial charge in [-0.25, -0.2) is 0 Å². The summed E-state index contributed by atoms with van der Waals surface area (Å²) < 4.78 is 5.36. The Balaban J connectivity index is 2.65. The average molecular weight is 167 g/mol. The zero-order valence-corrected chi connectivity index (χ0v) is 8.22. The number of hydrogen-bond acceptors (Lipinski definition) is 2. The maximum absolute atomic E-state index is 5.36. The predicted octanol–water partition coefficient (Wildman–Crippen LogP) is 2.65. The summed E-state index contributed by atoms with van der Waals surface area (Å²) in [7, 11) is 0. The van der Waals surface area contributed by atoms with E-state index in [1.54, 1.807) is 6.26 Å². The first-order valence-corrected chi connectivity index (χ1v) is 4.41. The molecule has 0 fully saturated rings. The molecule has 1 heterocycles. The fourth-order valence-electron chi connectivity index (χ4n) is 1.40. The molecule has 2 nitrogen and oxygen atoms in total. The second-order valence-corrected chi connectivity index (χ2v) is 3.51. The molecule has 2 heteroatoms. The highest BCUT2D eigenvalue weighted by atomic mass is 16.3. The van der Waals surface area contributed by atoms with E-state index in [0.29, 0.717) is 12.1 Å². The molecule has 68 valence electrons. The lowest BCUT2D eigenvalue weighted by molar-refractivity contribution is 0.406. The molecule has 0 radical (unpaired) electrons. The summed E-state index contributed by atoms with van der Waals surface area (Å²) in [5, 5.41) is 3.39. The van der Waals surface area contributed by atoms with Crippen molar-refractivity contribution in [2.24, 2.45) is 0 Å². The highest BCUT2D eigenvalue weighted by molar-refractivity contribution is 5.17. The lowest BCUT2D eigenvalue weighted by Crippen LogP contribution is -2.26. The van der Waals surface area contributed by atoms with Crippen molar-refractivity contribution < 1.29 is 4.42 Å². The molecule has 0 saturated carbocycles. The van der Waals surface area contributed by atoms with Crippen LogP contribution in [0.3, 0.4) is 0 Å². The minimum Gasteiger partial charge on any atom is -0.467 e. The van der Waals surface area contributed by atoms with Crippen molar-refractivity contribution in [3.63, 3.8) is 0 Å². The Labute approximate surface area is 74.0 Å². The van der Waals surface area contributed by atoms with Gasteiger partial charge in [0.25, 0.3) is 0 Å². The summed E-state index contributed by atoms with van der Waals surface area (Å²) in [5.74, 6) is 1.05. The molecular weight excluding hydrogens is 150 g/mol. The summed E-state index contributed by atoms with van der Waals surface area (Å²) in [6.07, 6.45) is 1.74. The van der Waals surface area contributed by atoms with Gasteiger partial charge >= 0.3 is 0 Å². The van der Waals surface area contributed by atoms with Crippen molar-refractivity contribution in [3.8, 4) is 0 Å². The zero-order chi connectivity index (χ0) is 9.14. The Kier molecular flexibility index (Phi) is 2.93. The predicted molar refractivity (Wildman–Crippen MR) is 50.1 cm³/mol. The fraction of sp³-hybridized carbons (Fsp3) is 0.600. The number of aryl methyl sites for hydroxylation is 1. The molecule has 1 unspecified atom stereocenters. The van der Waals surface area contributed by atoms with Crippen molar-refractivity contribution in [3.05, 3.63) is 23.7 Å². The Morgan fingerprint density at radius 2 is 2.00 bits per heavy atom. The van der Waals surface area contributed by atoms with E-state index in [0.717, 1.165) is 5.76 Å². The molecule has 1 aromatic rings. The van der Waals surface area contributed by atoms with Crippen LogP contribution in [0.2, 0.25) is 0 Å². The van der Waals surface area contributed by atoms with Gasteiger partial charge in [-0.1, -0.05) is 13.8 Å². The average Bonchev–Trinajstić information content (AvgIpc) is 2.33. The van der Waals surface area contributed by atoms with Crippen LogP contribution in [0.5, 0.6) is 0 Å². The van der Waals surface area contributed by atoms with Crippen LogP contribution in [0.25, 0.3) is 0 Å². The lowest BCUT2D eigenvalue weighted by Gasteiger charge is -2.15. The third-order valence-corrected chi connectivity index (χ3v) is 1.88. The molecule has 0 aromatic carbocycles. The van der Waals surface area contributed by atoms with Crippen LogP contribution in [0.15, 0.2) is 16.7 Å². The zero-order valence-electron chi connectivity index (χ0n) is 8.22. The van der Waals surface area contributed by atoms with Crippen LogP contribution in [0, 0.1) is 6.92 Å². The third-order valence-electron chi connectivity index (χ3n) is 1.88. The number of rotatable bonds is 3. The lowest BCUT2D eigenvalue weighted by atomic mass is 10.1. The van der Waals surface area contributed by atoms with Gasteiger partial charge in [-0.05, 0) is 25.5 Å². The summed E-state index contributed by atoms with van der Waals surface area (Å²) in [5.41, 5.74) is 1.22. The van der Waals surface area contributed by atoms with Gasteiger partial charge in [-0.15, -0.1) is 0 Å². The molecule has 0 aliphatic heterocycles. The molecule has 1 rings (SSSR count). The molecule has 0 amide bonds. The van der Waals surface area contributed by atoms with Crippen molar-refractivity contribution in [2.45, 2.75) is 39.8 Å². The van der Waals surface area contributed by atoms with Gasteiger partial charge < -0.3 is 9.73 Å². The molecule has 12 heavy (non-hydrogen) atoms. The quantitative estimate of drug-likeness (QED) is 0.748. The molecule has 0 aliphatic carbocycles. The third kappa shape index (κ3) is 2.11. The number of furan rings is 1. The Hall–Kier alpha value is -0.760. The summed E-state index contributed by atoms with van der Waals surface area (Å²) in [6.45, 7) is 8.45. The van der Waals surface area contributed by atoms with E-state index in [4.69, 9.17) is 4.42 Å². The molecule has 1 N–H and O–H groups in total. The van der Waals surface area contributed by atoms with Gasteiger partial charge in [0.1, 0.15) is 5.76 Å². The number of nitrogens with one attached hydrogen (secondary N) is 1.